The summed E-state index contributed by atoms with van der Waals surface area (Å²) in [5, 5.41) is 23.6. The molecule has 0 saturated heterocycles. The van der Waals surface area contributed by atoms with Gasteiger partial charge in [-0.2, -0.15) is 0 Å². The summed E-state index contributed by atoms with van der Waals surface area (Å²) in [4.78, 5) is 46.9. The van der Waals surface area contributed by atoms with Gasteiger partial charge in [-0.25, -0.2) is 9.59 Å². The molecule has 2 fully saturated rings. The van der Waals surface area contributed by atoms with E-state index >= 15 is 0 Å². The van der Waals surface area contributed by atoms with Gasteiger partial charge in [0.25, 0.3) is 0 Å². The number of hydrogen-bond donors (Lipinski definition) is 4. The average Bonchev–Trinajstić information content (AvgIpc) is 3.54. The first kappa shape index (κ1) is 25.6. The number of unbranched alkanes of at least 4 members (excludes halogenated alkanes) is 5. The molecule has 0 bridgehead atoms. The Morgan fingerprint density at radius 3 is 1.28 bits per heavy atom. The Kier molecular flexibility index (Phi) is 8.26. The van der Waals surface area contributed by atoms with Crippen LogP contribution in [0.15, 0.2) is 23.5 Å². The van der Waals surface area contributed by atoms with E-state index in [2.05, 4.69) is 10.6 Å². The molecule has 2 amide bonds. The molecule has 0 aromatic carbocycles. The van der Waals surface area contributed by atoms with Crippen LogP contribution in [-0.2, 0) is 19.2 Å². The predicted octanol–water partition coefficient (Wildman–Crippen LogP) is 3.59. The van der Waals surface area contributed by atoms with E-state index in [1.807, 2.05) is 27.7 Å². The van der Waals surface area contributed by atoms with Gasteiger partial charge in [-0.1, -0.05) is 52.7 Å². The van der Waals surface area contributed by atoms with Crippen molar-refractivity contribution in [2.24, 2.45) is 22.7 Å². The Bertz CT molecular complexity index is 756. The van der Waals surface area contributed by atoms with Crippen LogP contribution in [0.25, 0.3) is 0 Å². The van der Waals surface area contributed by atoms with Gasteiger partial charge in [-0.05, 0) is 49.4 Å². The third kappa shape index (κ3) is 7.50. The third-order valence-electron chi connectivity index (χ3n) is 6.49. The van der Waals surface area contributed by atoms with Crippen molar-refractivity contribution in [3.63, 3.8) is 0 Å². The van der Waals surface area contributed by atoms with Gasteiger partial charge in [0.1, 0.15) is 11.4 Å². The van der Waals surface area contributed by atoms with Crippen LogP contribution in [0.3, 0.4) is 0 Å². The number of carbonyl (C=O) groups excluding carboxylic acids is 2. The zero-order valence-corrected chi connectivity index (χ0v) is 19.5. The van der Waals surface area contributed by atoms with Gasteiger partial charge in [-0.3, -0.25) is 9.59 Å². The van der Waals surface area contributed by atoms with Crippen LogP contribution in [0.2, 0.25) is 0 Å². The fourth-order valence-electron chi connectivity index (χ4n) is 3.79. The molecule has 2 aliphatic rings. The highest BCUT2D eigenvalue weighted by molar-refractivity contribution is 5.95. The standard InChI is InChI=1S/C24H36N2O6/c1-23(2)13-15(23)19(27)25-17(21(29)30)11-9-7-5-6-8-10-12-18(22(31)32)26-20(28)16-14-24(16,3)4/h11-12,15-16H,5-10,13-14H2,1-4H3,(H,25,27)(H,26,28)(H,29,30)(H,31,32)/b17-11-,18-12-. The van der Waals surface area contributed by atoms with E-state index in [-0.39, 0.29) is 45.9 Å². The van der Waals surface area contributed by atoms with Crippen LogP contribution in [-0.4, -0.2) is 34.0 Å². The number of carboxylic acids is 2. The minimum Gasteiger partial charge on any atom is -0.477 e. The minimum atomic E-state index is -1.14. The molecule has 0 heterocycles. The van der Waals surface area contributed by atoms with Crippen molar-refractivity contribution in [3.05, 3.63) is 23.5 Å². The predicted molar refractivity (Wildman–Crippen MR) is 119 cm³/mol. The highest BCUT2D eigenvalue weighted by Crippen LogP contribution is 2.52. The van der Waals surface area contributed by atoms with Crippen LogP contribution in [0, 0.1) is 22.7 Å². The highest BCUT2D eigenvalue weighted by Gasteiger charge is 2.51. The van der Waals surface area contributed by atoms with Gasteiger partial charge in [0.05, 0.1) is 0 Å². The molecular weight excluding hydrogens is 412 g/mol. The van der Waals surface area contributed by atoms with Crippen LogP contribution < -0.4 is 10.6 Å². The van der Waals surface area contributed by atoms with E-state index < -0.39 is 11.9 Å². The Morgan fingerprint density at radius 1 is 0.719 bits per heavy atom. The summed E-state index contributed by atoms with van der Waals surface area (Å²) in [6.45, 7) is 7.94. The fourth-order valence-corrected chi connectivity index (χ4v) is 3.79. The maximum Gasteiger partial charge on any atom is 0.352 e. The lowest BCUT2D eigenvalue weighted by Gasteiger charge is -2.08. The molecule has 0 aliphatic heterocycles. The fraction of sp³-hybridized carbons (Fsp3) is 0.667. The monoisotopic (exact) mass is 448 g/mol. The van der Waals surface area contributed by atoms with E-state index in [1.165, 1.54) is 0 Å². The lowest BCUT2D eigenvalue weighted by atomic mass is 10.1. The first-order chi connectivity index (χ1) is 14.8. The number of rotatable bonds is 13. The number of nitrogens with one attached hydrogen (secondary N) is 2. The number of amides is 2. The van der Waals surface area contributed by atoms with Crippen LogP contribution in [0.1, 0.15) is 79.1 Å². The van der Waals surface area contributed by atoms with E-state index in [1.54, 1.807) is 12.2 Å². The number of hydrogen-bond acceptors (Lipinski definition) is 4. The summed E-state index contributed by atoms with van der Waals surface area (Å²) in [6.07, 6.45) is 8.96. The molecule has 2 unspecified atom stereocenters. The number of carbonyl (C=O) groups is 4. The molecule has 8 nitrogen and oxygen atoms in total. The van der Waals surface area contributed by atoms with E-state index in [9.17, 15) is 29.4 Å². The first-order valence-electron chi connectivity index (χ1n) is 11.3. The second kappa shape index (κ2) is 10.3. The van der Waals surface area contributed by atoms with Crippen molar-refractivity contribution in [2.45, 2.75) is 79.1 Å². The van der Waals surface area contributed by atoms with Gasteiger partial charge >= 0.3 is 11.9 Å². The Labute approximate surface area is 189 Å². The van der Waals surface area contributed by atoms with Gasteiger partial charge in [0.2, 0.25) is 11.8 Å². The van der Waals surface area contributed by atoms with Crippen molar-refractivity contribution in [1.29, 1.82) is 0 Å². The van der Waals surface area contributed by atoms with Crippen LogP contribution in [0.4, 0.5) is 0 Å². The molecule has 2 atom stereocenters. The third-order valence-corrected chi connectivity index (χ3v) is 6.49. The van der Waals surface area contributed by atoms with Gasteiger partial charge in [0.15, 0.2) is 0 Å². The summed E-state index contributed by atoms with van der Waals surface area (Å²) in [5.74, 6) is -3.01. The zero-order valence-electron chi connectivity index (χ0n) is 19.5. The van der Waals surface area contributed by atoms with Crippen molar-refractivity contribution in [1.82, 2.24) is 10.6 Å². The Hall–Kier alpha value is -2.64. The maximum atomic E-state index is 12.1. The van der Waals surface area contributed by atoms with Crippen molar-refractivity contribution >= 4 is 23.8 Å². The maximum absolute atomic E-state index is 12.1. The van der Waals surface area contributed by atoms with Crippen LogP contribution in [0.5, 0.6) is 0 Å². The topological polar surface area (TPSA) is 133 Å². The molecular formula is C24H36N2O6. The van der Waals surface area contributed by atoms with Gasteiger partial charge in [-0.15, -0.1) is 0 Å². The normalized spacial score (nSPS) is 23.2. The smallest absolute Gasteiger partial charge is 0.352 e. The molecule has 2 aliphatic carbocycles. The van der Waals surface area contributed by atoms with Crippen LogP contribution >= 0.6 is 0 Å². The van der Waals surface area contributed by atoms with Crippen molar-refractivity contribution in [2.75, 3.05) is 0 Å². The summed E-state index contributed by atoms with van der Waals surface area (Å²) in [6, 6.07) is 0. The van der Waals surface area contributed by atoms with Gasteiger partial charge < -0.3 is 20.8 Å². The molecule has 0 spiro atoms. The second-order valence-electron chi connectivity index (χ2n) is 10.3. The molecule has 2 rings (SSSR count). The largest absolute Gasteiger partial charge is 0.477 e. The lowest BCUT2D eigenvalue weighted by Crippen LogP contribution is -2.29. The van der Waals surface area contributed by atoms with E-state index in [0.29, 0.717) is 12.8 Å². The molecule has 8 heteroatoms. The second-order valence-corrected chi connectivity index (χ2v) is 10.3. The first-order valence-corrected chi connectivity index (χ1v) is 11.3. The molecule has 2 saturated carbocycles. The minimum absolute atomic E-state index is 0.0556. The quantitative estimate of drug-likeness (QED) is 0.251. The number of allylic oxidation sites excluding steroid dienone is 2. The van der Waals surface area contributed by atoms with E-state index in [0.717, 1.165) is 38.5 Å². The average molecular weight is 449 g/mol. The molecule has 178 valence electrons. The summed E-state index contributed by atoms with van der Waals surface area (Å²) in [7, 11) is 0. The Morgan fingerprint density at radius 2 is 1.03 bits per heavy atom. The Balaban J connectivity index is 1.66. The molecule has 4 N–H and O–H groups in total. The van der Waals surface area contributed by atoms with Crippen molar-refractivity contribution < 1.29 is 29.4 Å². The zero-order chi connectivity index (χ0) is 24.1. The SMILES string of the molecule is CC1(C)CC1C(=O)N/C(=C\CCCCCC/C=C(\NC(=O)C1CC1(C)C)C(=O)O)C(=O)O. The number of carboxylic acid groups (broad SMARTS) is 2. The summed E-state index contributed by atoms with van der Waals surface area (Å²) < 4.78 is 0. The number of aliphatic carboxylic acids is 2. The molecule has 0 radical (unpaired) electrons. The lowest BCUT2D eigenvalue weighted by molar-refractivity contribution is -0.135. The highest BCUT2D eigenvalue weighted by atomic mass is 16.4. The summed E-state index contributed by atoms with van der Waals surface area (Å²) in [5.41, 5.74) is -0.248. The van der Waals surface area contributed by atoms with Crippen molar-refractivity contribution in [3.8, 4) is 0 Å². The molecule has 0 aromatic rings. The van der Waals surface area contributed by atoms with E-state index in [4.69, 9.17) is 0 Å². The molecule has 32 heavy (non-hydrogen) atoms. The van der Waals surface area contributed by atoms with Gasteiger partial charge in [0, 0.05) is 11.8 Å². The summed E-state index contributed by atoms with van der Waals surface area (Å²) >= 11 is 0. The molecule has 0 aromatic heterocycles.